The number of nitrogens with zero attached hydrogens (tertiary/aromatic N) is 1. The van der Waals surface area contributed by atoms with E-state index < -0.39 is 5.60 Å². The molecule has 0 spiro atoms. The molecule has 1 aliphatic heterocycles. The molecule has 6 nitrogen and oxygen atoms in total. The zero-order chi connectivity index (χ0) is 19.0. The highest BCUT2D eigenvalue weighted by atomic mass is 16.5. The van der Waals surface area contributed by atoms with Gasteiger partial charge in [0.1, 0.15) is 0 Å². The fraction of sp³-hybridized carbons (Fsp3) is 0.381. The van der Waals surface area contributed by atoms with Gasteiger partial charge in [-0.3, -0.25) is 9.59 Å². The van der Waals surface area contributed by atoms with Crippen molar-refractivity contribution in [1.82, 2.24) is 10.3 Å². The molecule has 1 aromatic heterocycles. The molecular weight excluding hydrogens is 342 g/mol. The first kappa shape index (κ1) is 17.5. The first-order chi connectivity index (χ1) is 12.9. The molecule has 1 aromatic carbocycles. The van der Waals surface area contributed by atoms with E-state index >= 15 is 0 Å². The number of fused-ring (bicyclic) bond motifs is 1. The zero-order valence-electron chi connectivity index (χ0n) is 15.5. The monoisotopic (exact) mass is 365 g/mol. The van der Waals surface area contributed by atoms with Gasteiger partial charge in [-0.1, -0.05) is 12.1 Å². The third-order valence-electron chi connectivity index (χ3n) is 5.07. The number of carbonyl (C=O) groups excluding carboxylic acids is 2. The van der Waals surface area contributed by atoms with Crippen molar-refractivity contribution in [3.05, 3.63) is 42.1 Å². The fourth-order valence-electron chi connectivity index (χ4n) is 3.43. The van der Waals surface area contributed by atoms with Gasteiger partial charge in [-0.2, -0.15) is 0 Å². The summed E-state index contributed by atoms with van der Waals surface area (Å²) >= 11 is 0. The quantitative estimate of drug-likeness (QED) is 0.854. The SMILES string of the molecule is CC(=O)Nc1cccc(-c2ccnc3c2CC(C)(C(=O)NCC2CC2)O3)c1. The van der Waals surface area contributed by atoms with Gasteiger partial charge in [-0.25, -0.2) is 4.98 Å². The molecule has 1 unspecified atom stereocenters. The minimum absolute atomic E-state index is 0.0923. The number of benzene rings is 1. The molecular formula is C21H23N3O3. The molecule has 0 saturated heterocycles. The standard InChI is InChI=1S/C21H23N3O3/c1-13(25)24-16-5-3-4-15(10-16)17-8-9-22-19-18(17)11-21(2,27-19)20(26)23-12-14-6-7-14/h3-5,8-10,14H,6-7,11-12H2,1-2H3,(H,23,26)(H,24,25). The number of nitrogens with one attached hydrogen (secondary N) is 2. The summed E-state index contributed by atoms with van der Waals surface area (Å²) in [4.78, 5) is 28.3. The minimum atomic E-state index is -0.949. The van der Waals surface area contributed by atoms with Gasteiger partial charge >= 0.3 is 0 Å². The number of rotatable bonds is 5. The van der Waals surface area contributed by atoms with Gasteiger partial charge in [0, 0.05) is 37.3 Å². The molecule has 2 aromatic rings. The number of pyridine rings is 1. The largest absolute Gasteiger partial charge is 0.461 e. The van der Waals surface area contributed by atoms with E-state index in [0.29, 0.717) is 24.8 Å². The van der Waals surface area contributed by atoms with Gasteiger partial charge in [0.2, 0.25) is 11.8 Å². The molecule has 1 atom stereocenters. The molecule has 0 bridgehead atoms. The highest BCUT2D eigenvalue weighted by Crippen LogP contribution is 2.40. The van der Waals surface area contributed by atoms with E-state index in [1.54, 1.807) is 6.20 Å². The summed E-state index contributed by atoms with van der Waals surface area (Å²) in [6.07, 6.45) is 4.53. The number of ether oxygens (including phenoxy) is 1. The van der Waals surface area contributed by atoms with Crippen LogP contribution in [-0.4, -0.2) is 28.9 Å². The van der Waals surface area contributed by atoms with E-state index in [1.165, 1.54) is 19.8 Å². The Balaban J connectivity index is 1.60. The summed E-state index contributed by atoms with van der Waals surface area (Å²) < 4.78 is 5.97. The van der Waals surface area contributed by atoms with Crippen LogP contribution < -0.4 is 15.4 Å². The summed E-state index contributed by atoms with van der Waals surface area (Å²) in [6.45, 7) is 4.01. The number of hydrogen-bond donors (Lipinski definition) is 2. The second kappa shape index (κ2) is 6.68. The van der Waals surface area contributed by atoms with Crippen LogP contribution >= 0.6 is 0 Å². The molecule has 2 N–H and O–H groups in total. The molecule has 140 valence electrons. The van der Waals surface area contributed by atoms with Gasteiger partial charge in [0.25, 0.3) is 5.91 Å². The zero-order valence-corrected chi connectivity index (χ0v) is 15.5. The Labute approximate surface area is 158 Å². The van der Waals surface area contributed by atoms with Crippen LogP contribution in [0.25, 0.3) is 11.1 Å². The number of hydrogen-bond acceptors (Lipinski definition) is 4. The third-order valence-corrected chi connectivity index (χ3v) is 5.07. The fourth-order valence-corrected chi connectivity index (χ4v) is 3.43. The van der Waals surface area contributed by atoms with Crippen molar-refractivity contribution in [2.75, 3.05) is 11.9 Å². The van der Waals surface area contributed by atoms with Crippen LogP contribution in [0.5, 0.6) is 5.88 Å². The lowest BCUT2D eigenvalue weighted by Gasteiger charge is -2.22. The minimum Gasteiger partial charge on any atom is -0.461 e. The number of anilines is 1. The van der Waals surface area contributed by atoms with Crippen LogP contribution in [0.3, 0.4) is 0 Å². The van der Waals surface area contributed by atoms with E-state index in [-0.39, 0.29) is 11.8 Å². The predicted octanol–water partition coefficient (Wildman–Crippen LogP) is 2.93. The van der Waals surface area contributed by atoms with Gasteiger partial charge < -0.3 is 15.4 Å². The van der Waals surface area contributed by atoms with Crippen LogP contribution in [0, 0.1) is 5.92 Å². The van der Waals surface area contributed by atoms with Crippen molar-refractivity contribution in [3.63, 3.8) is 0 Å². The summed E-state index contributed by atoms with van der Waals surface area (Å²) in [7, 11) is 0. The Bertz CT molecular complexity index is 907. The van der Waals surface area contributed by atoms with Crippen LogP contribution in [0.1, 0.15) is 32.3 Å². The summed E-state index contributed by atoms with van der Waals surface area (Å²) in [5.74, 6) is 0.911. The molecule has 27 heavy (non-hydrogen) atoms. The maximum absolute atomic E-state index is 12.7. The predicted molar refractivity (Wildman–Crippen MR) is 102 cm³/mol. The van der Waals surface area contributed by atoms with Gasteiger partial charge in [0.05, 0.1) is 0 Å². The Hall–Kier alpha value is -2.89. The van der Waals surface area contributed by atoms with Crippen LogP contribution in [-0.2, 0) is 16.0 Å². The van der Waals surface area contributed by atoms with E-state index in [4.69, 9.17) is 4.74 Å². The normalized spacial score (nSPS) is 20.5. The van der Waals surface area contributed by atoms with Crippen LogP contribution in [0.2, 0.25) is 0 Å². The highest BCUT2D eigenvalue weighted by molar-refractivity contribution is 5.90. The maximum Gasteiger partial charge on any atom is 0.264 e. The first-order valence-electron chi connectivity index (χ1n) is 9.28. The van der Waals surface area contributed by atoms with Gasteiger partial charge in [-0.05, 0) is 55.0 Å². The molecule has 2 heterocycles. The molecule has 6 heteroatoms. The molecule has 2 amide bonds. The lowest BCUT2D eigenvalue weighted by Crippen LogP contribution is -2.48. The second-order valence-electron chi connectivity index (χ2n) is 7.57. The van der Waals surface area contributed by atoms with Crippen molar-refractivity contribution in [2.45, 2.75) is 38.7 Å². The Morgan fingerprint density at radius 2 is 2.11 bits per heavy atom. The molecule has 4 rings (SSSR count). The van der Waals surface area contributed by atoms with E-state index in [2.05, 4.69) is 15.6 Å². The van der Waals surface area contributed by atoms with Crippen molar-refractivity contribution in [3.8, 4) is 17.0 Å². The summed E-state index contributed by atoms with van der Waals surface area (Å²) in [5.41, 5.74) is 2.61. The topological polar surface area (TPSA) is 80.3 Å². The highest BCUT2D eigenvalue weighted by Gasteiger charge is 2.44. The van der Waals surface area contributed by atoms with Gasteiger partial charge in [0.15, 0.2) is 5.60 Å². The Morgan fingerprint density at radius 3 is 2.85 bits per heavy atom. The molecule has 1 aliphatic carbocycles. The second-order valence-corrected chi connectivity index (χ2v) is 7.57. The third kappa shape index (κ3) is 3.65. The van der Waals surface area contributed by atoms with E-state index in [1.807, 2.05) is 37.3 Å². The first-order valence-corrected chi connectivity index (χ1v) is 9.28. The summed E-state index contributed by atoms with van der Waals surface area (Å²) in [5, 5.41) is 5.81. The van der Waals surface area contributed by atoms with E-state index in [9.17, 15) is 9.59 Å². The van der Waals surface area contributed by atoms with Crippen molar-refractivity contribution in [2.24, 2.45) is 5.92 Å². The van der Waals surface area contributed by atoms with Crippen molar-refractivity contribution >= 4 is 17.5 Å². The van der Waals surface area contributed by atoms with Gasteiger partial charge in [-0.15, -0.1) is 0 Å². The summed E-state index contributed by atoms with van der Waals surface area (Å²) in [6, 6.07) is 9.55. The Morgan fingerprint density at radius 1 is 1.30 bits per heavy atom. The van der Waals surface area contributed by atoms with Crippen molar-refractivity contribution < 1.29 is 14.3 Å². The van der Waals surface area contributed by atoms with E-state index in [0.717, 1.165) is 22.4 Å². The number of aromatic nitrogens is 1. The molecule has 2 aliphatic rings. The lowest BCUT2D eigenvalue weighted by molar-refractivity contribution is -0.134. The molecule has 0 radical (unpaired) electrons. The maximum atomic E-state index is 12.7. The molecule has 1 fully saturated rings. The number of carbonyl (C=O) groups is 2. The molecule has 1 saturated carbocycles. The average molecular weight is 365 g/mol. The Kier molecular flexibility index (Phi) is 4.34. The van der Waals surface area contributed by atoms with Crippen LogP contribution in [0.4, 0.5) is 5.69 Å². The van der Waals surface area contributed by atoms with Crippen molar-refractivity contribution in [1.29, 1.82) is 0 Å². The number of amides is 2. The smallest absolute Gasteiger partial charge is 0.264 e. The van der Waals surface area contributed by atoms with Crippen LogP contribution in [0.15, 0.2) is 36.5 Å². The average Bonchev–Trinajstić information content (AvgIpc) is 3.38. The lowest BCUT2D eigenvalue weighted by atomic mass is 9.93.